The minimum atomic E-state index is -5.37. The first-order chi connectivity index (χ1) is 55.0. The van der Waals surface area contributed by atoms with E-state index < -0.39 is 259 Å². The van der Waals surface area contributed by atoms with Crippen LogP contribution in [0.4, 0.5) is 97.3 Å². The topological polar surface area (TPSA) is 230 Å². The van der Waals surface area contributed by atoms with Crippen molar-refractivity contribution in [2.24, 2.45) is 0 Å². The van der Waals surface area contributed by atoms with Crippen molar-refractivity contribution in [1.82, 2.24) is 30.7 Å². The van der Waals surface area contributed by atoms with Crippen LogP contribution in [0.25, 0.3) is 0 Å². The summed E-state index contributed by atoms with van der Waals surface area (Å²) in [7, 11) is -1.22. The Kier molecular flexibility index (Phi) is 24.4. The predicted octanol–water partition coefficient (Wildman–Crippen LogP) is 16.5. The van der Waals surface area contributed by atoms with Crippen LogP contribution in [0.15, 0.2) is 127 Å². The van der Waals surface area contributed by atoms with Crippen LogP contribution in [-0.4, -0.2) is 92.0 Å². The van der Waals surface area contributed by atoms with Crippen molar-refractivity contribution in [1.29, 1.82) is 0 Å². The zero-order valence-electron chi connectivity index (χ0n) is 61.3. The van der Waals surface area contributed by atoms with Crippen LogP contribution in [0.3, 0.4) is 0 Å². The smallest absolute Gasteiger partial charge is 0.467 e. The monoisotopic (exact) mass is 1650 g/mol. The van der Waals surface area contributed by atoms with Crippen LogP contribution in [0.1, 0.15) is 120 Å². The molecule has 0 saturated carbocycles. The fraction of sp³-hybridized carbons (Fsp3) is 0.231. The zero-order valence-corrected chi connectivity index (χ0v) is 62.2. The molecule has 38 heteroatoms. The molecule has 0 spiro atoms. The van der Waals surface area contributed by atoms with Crippen molar-refractivity contribution >= 4 is 60.7 Å². The third-order valence-corrected chi connectivity index (χ3v) is 20.9. The molecule has 22 nitrogen and oxygen atoms in total. The fourth-order valence-electron chi connectivity index (χ4n) is 12.8. The van der Waals surface area contributed by atoms with Crippen LogP contribution in [-0.2, 0) is 57.4 Å². The van der Waals surface area contributed by atoms with Gasteiger partial charge in [0.05, 0.1) is 54.8 Å². The number of amides is 9. The van der Waals surface area contributed by atoms with E-state index in [1.54, 1.807) is 20.8 Å². The van der Waals surface area contributed by atoms with E-state index in [0.29, 0.717) is 89.5 Å². The number of carbonyl (C=O) groups excluding carboxylic acids is 6. The first-order valence-corrected chi connectivity index (χ1v) is 36.1. The molecule has 608 valence electrons. The number of nitrogens with zero attached hydrogens (tertiary/aromatic N) is 6. The summed E-state index contributed by atoms with van der Waals surface area (Å²) in [6.07, 6.45) is 0. The first-order valence-electron chi connectivity index (χ1n) is 34.6. The summed E-state index contributed by atoms with van der Waals surface area (Å²) in [5.41, 5.74) is -3.72. The number of carbonyl (C=O) groups is 6. The highest BCUT2D eigenvalue weighted by molar-refractivity contribution is 7.48. The molecule has 116 heavy (non-hydrogen) atoms. The number of phosphoric ester groups is 1. The molecule has 3 aliphatic rings. The fourth-order valence-corrected chi connectivity index (χ4v) is 13.6. The Hall–Kier alpha value is -12.3. The van der Waals surface area contributed by atoms with Crippen LogP contribution >= 0.6 is 7.82 Å². The summed E-state index contributed by atoms with van der Waals surface area (Å²) in [6, 6.07) is 13.4. The Bertz CT molecular complexity index is 4860. The lowest BCUT2D eigenvalue weighted by Gasteiger charge is -2.39. The highest BCUT2D eigenvalue weighted by Gasteiger charge is 2.40. The number of anilines is 3. The van der Waals surface area contributed by atoms with Crippen LogP contribution in [0.2, 0.25) is 0 Å². The normalized spacial score (nSPS) is 15.8. The van der Waals surface area contributed by atoms with Crippen LogP contribution < -0.4 is 44.9 Å². The number of fused-ring (bicyclic) bond motifs is 3. The van der Waals surface area contributed by atoms with Gasteiger partial charge in [-0.3, -0.25) is 29.1 Å². The minimum Gasteiger partial charge on any atom is -0.467 e. The van der Waals surface area contributed by atoms with Gasteiger partial charge in [0.2, 0.25) is 0 Å². The van der Waals surface area contributed by atoms with Gasteiger partial charge in [-0.25, -0.2) is 98.4 Å². The van der Waals surface area contributed by atoms with Crippen molar-refractivity contribution in [2.75, 3.05) is 56.2 Å². The number of urea groups is 3. The molecule has 3 N–H and O–H groups in total. The molecule has 9 aromatic carbocycles. The molecule has 9 amide bonds. The standard InChI is InChI=1S/C78H63F15N9O13P/c1-37-49-10-7-40(73(103)94-28-52-58(82)16-43(79)17-59(52)83)13-70(49)100(76(106)97(37)4)31-55-64(88)22-46(23-65(55)89)110-34-113-116(109,114-35-111-47-24-66(90)56(67(91)25-47)32-101-71-14-41(8-11-50(71)38(2)98(5)77(101)107)74(104)95-29-53-60(84)18-44(80)19-61(53)85)115-36-112-48-26-68(92)57(69(93)27-48)33-102-72-15-42(9-12-51(72)39(3)99(6)78(102)108)75(105)96-30-54-62(86)20-45(81)21-63(54)87/h7-27,37-39H,28-36H2,1-6H3,(H,94,103)(H,95,104)(H,96,105). The third-order valence-electron chi connectivity index (χ3n) is 19.6. The maximum atomic E-state index is 16.3. The summed E-state index contributed by atoms with van der Waals surface area (Å²) >= 11 is 0. The second kappa shape index (κ2) is 34.0. The molecule has 3 heterocycles. The number of phosphoric acid groups is 1. The molecule has 3 unspecified atom stereocenters. The highest BCUT2D eigenvalue weighted by Crippen LogP contribution is 2.50. The second-order valence-corrected chi connectivity index (χ2v) is 28.3. The van der Waals surface area contributed by atoms with Crippen molar-refractivity contribution in [3.63, 3.8) is 0 Å². The molecule has 0 bridgehead atoms. The van der Waals surface area contributed by atoms with Gasteiger partial charge in [-0.05, 0) is 73.9 Å². The largest absolute Gasteiger partial charge is 0.483 e. The third kappa shape index (κ3) is 17.5. The quantitative estimate of drug-likeness (QED) is 0.0247. The Morgan fingerprint density at radius 2 is 0.552 bits per heavy atom. The van der Waals surface area contributed by atoms with Gasteiger partial charge in [0, 0.05) is 164 Å². The lowest BCUT2D eigenvalue weighted by atomic mass is 9.98. The zero-order chi connectivity index (χ0) is 83.8. The molecule has 0 aliphatic carbocycles. The van der Waals surface area contributed by atoms with E-state index in [2.05, 4.69) is 16.0 Å². The molecular weight excluding hydrogens is 1590 g/mol. The molecule has 0 aromatic heterocycles. The second-order valence-electron chi connectivity index (χ2n) is 26.6. The molecule has 3 aliphatic heterocycles. The van der Waals surface area contributed by atoms with Crippen molar-refractivity contribution in [3.05, 3.63) is 281 Å². The first kappa shape index (κ1) is 83.1. The summed E-state index contributed by atoms with van der Waals surface area (Å²) in [4.78, 5) is 88.1. The number of ether oxygens (including phenoxy) is 3. The lowest BCUT2D eigenvalue weighted by Crippen LogP contribution is -2.47. The molecule has 0 radical (unpaired) electrons. The molecule has 0 fully saturated rings. The van der Waals surface area contributed by atoms with Crippen molar-refractivity contribution in [3.8, 4) is 17.2 Å². The molecular formula is C78H63F15N9O13P. The van der Waals surface area contributed by atoms with E-state index in [4.69, 9.17) is 27.8 Å². The summed E-state index contributed by atoms with van der Waals surface area (Å²) in [5, 5.41) is 6.91. The van der Waals surface area contributed by atoms with E-state index >= 15 is 26.3 Å². The Balaban J connectivity index is 0.755. The number of rotatable bonds is 27. The van der Waals surface area contributed by atoms with Gasteiger partial charge in [0.1, 0.15) is 105 Å². The average molecular weight is 1650 g/mol. The summed E-state index contributed by atoms with van der Waals surface area (Å²) in [5.74, 6) is -24.4. The van der Waals surface area contributed by atoms with Crippen LogP contribution in [0.5, 0.6) is 17.2 Å². The highest BCUT2D eigenvalue weighted by atomic mass is 31.2. The van der Waals surface area contributed by atoms with E-state index in [1.165, 1.54) is 90.4 Å². The maximum absolute atomic E-state index is 16.3. The minimum absolute atomic E-state index is 0.0137. The molecule has 12 rings (SSSR count). The number of hydrogen-bond acceptors (Lipinski definition) is 13. The number of nitrogens with one attached hydrogen (secondary N) is 3. The molecule has 3 atom stereocenters. The summed E-state index contributed by atoms with van der Waals surface area (Å²) < 4.78 is 272. The Labute approximate surface area is 649 Å². The van der Waals surface area contributed by atoms with Gasteiger partial charge in [-0.2, -0.15) is 0 Å². The molecule has 0 saturated heterocycles. The SMILES string of the molecule is CC1c2ccc(C(=O)NCc3c(F)cc(F)cc3F)cc2N(Cc2c(F)cc(OCOP(=O)(OCOc3cc(F)c(CN4C(=O)N(C)C(C)c5ccc(C(=O)NCc6c(F)cc(F)cc6F)cc54)c(F)c3)OCOc3cc(F)c(CN4C(=O)N(C)C(C)c5ccc(C(=O)NCc6c(F)cc(F)cc6F)cc54)c(F)c3)cc2F)C(=O)N1C. The van der Waals surface area contributed by atoms with Crippen molar-refractivity contribution < 1.29 is 127 Å². The van der Waals surface area contributed by atoms with E-state index in [0.717, 1.165) is 14.7 Å². The van der Waals surface area contributed by atoms with Gasteiger partial charge < -0.3 is 44.9 Å². The Morgan fingerprint density at radius 1 is 0.336 bits per heavy atom. The lowest BCUT2D eigenvalue weighted by molar-refractivity contribution is -0.00471. The van der Waals surface area contributed by atoms with E-state index in [-0.39, 0.29) is 33.8 Å². The predicted molar refractivity (Wildman–Crippen MR) is 381 cm³/mol. The average Bonchev–Trinajstić information content (AvgIpc) is 0.767. The van der Waals surface area contributed by atoms with Crippen LogP contribution in [0, 0.1) is 87.3 Å². The molecule has 9 aromatic rings. The van der Waals surface area contributed by atoms with E-state index in [9.17, 15) is 72.8 Å². The van der Waals surface area contributed by atoms with Gasteiger partial charge in [0.25, 0.3) is 17.7 Å². The van der Waals surface area contributed by atoms with Gasteiger partial charge >= 0.3 is 25.9 Å². The number of benzene rings is 9. The van der Waals surface area contributed by atoms with E-state index in [1.807, 2.05) is 0 Å². The maximum Gasteiger partial charge on any atom is 0.483 e. The van der Waals surface area contributed by atoms with Gasteiger partial charge in [-0.1, -0.05) is 18.2 Å². The van der Waals surface area contributed by atoms with Crippen molar-refractivity contribution in [2.45, 2.75) is 78.2 Å². The Morgan fingerprint density at radius 3 is 0.776 bits per heavy atom. The van der Waals surface area contributed by atoms with Gasteiger partial charge in [-0.15, -0.1) is 0 Å². The number of halogens is 15. The number of hydrogen-bond donors (Lipinski definition) is 3. The van der Waals surface area contributed by atoms with Gasteiger partial charge in [0.15, 0.2) is 20.4 Å². The summed E-state index contributed by atoms with van der Waals surface area (Å²) in [6.45, 7) is -3.93.